The molecule has 0 atom stereocenters. The van der Waals surface area contributed by atoms with Gasteiger partial charge in [0.25, 0.3) is 0 Å². The Labute approximate surface area is 111 Å². The number of amides is 1. The van der Waals surface area contributed by atoms with Crippen molar-refractivity contribution in [3.63, 3.8) is 0 Å². The van der Waals surface area contributed by atoms with Crippen LogP contribution in [0.3, 0.4) is 0 Å². The summed E-state index contributed by atoms with van der Waals surface area (Å²) in [7, 11) is 0. The molecule has 104 valence electrons. The van der Waals surface area contributed by atoms with E-state index >= 15 is 0 Å². The van der Waals surface area contributed by atoms with Crippen molar-refractivity contribution in [2.75, 3.05) is 19.6 Å². The van der Waals surface area contributed by atoms with E-state index in [4.69, 9.17) is 0 Å². The third-order valence-corrected chi connectivity index (χ3v) is 4.42. The number of hydrogen-bond donors (Lipinski definition) is 1. The van der Waals surface area contributed by atoms with Crippen LogP contribution in [0.15, 0.2) is 0 Å². The van der Waals surface area contributed by atoms with Gasteiger partial charge in [0, 0.05) is 18.0 Å². The lowest BCUT2D eigenvalue weighted by molar-refractivity contribution is -0.143. The van der Waals surface area contributed by atoms with Gasteiger partial charge in [0.15, 0.2) is 0 Å². The molecule has 0 spiro atoms. The average Bonchev–Trinajstić information content (AvgIpc) is 3.14. The molecule has 0 aromatic carbocycles. The van der Waals surface area contributed by atoms with Gasteiger partial charge >= 0.3 is 0 Å². The van der Waals surface area contributed by atoms with Crippen molar-refractivity contribution in [3.05, 3.63) is 0 Å². The molecular weight excluding hydrogens is 224 g/mol. The fourth-order valence-electron chi connectivity index (χ4n) is 2.77. The Kier molecular flexibility index (Phi) is 4.31. The molecule has 0 radical (unpaired) electrons. The first-order valence-electron chi connectivity index (χ1n) is 7.55. The van der Waals surface area contributed by atoms with Crippen LogP contribution in [0, 0.1) is 11.3 Å². The van der Waals surface area contributed by atoms with Gasteiger partial charge in [-0.05, 0) is 51.1 Å². The smallest absolute Gasteiger partial charge is 0.228 e. The van der Waals surface area contributed by atoms with Crippen LogP contribution in [0.2, 0.25) is 0 Å². The van der Waals surface area contributed by atoms with E-state index in [-0.39, 0.29) is 5.41 Å². The van der Waals surface area contributed by atoms with Gasteiger partial charge in [0.05, 0.1) is 0 Å². The summed E-state index contributed by atoms with van der Waals surface area (Å²) >= 11 is 0. The van der Waals surface area contributed by atoms with Crippen LogP contribution in [0.1, 0.15) is 52.9 Å². The highest BCUT2D eigenvalue weighted by Crippen LogP contribution is 2.36. The number of nitrogens with zero attached hydrogens (tertiary/aromatic N) is 1. The van der Waals surface area contributed by atoms with Crippen molar-refractivity contribution < 1.29 is 4.79 Å². The van der Waals surface area contributed by atoms with Gasteiger partial charge < -0.3 is 10.2 Å². The Bertz CT molecular complexity index is 291. The van der Waals surface area contributed by atoms with E-state index in [9.17, 15) is 4.79 Å². The van der Waals surface area contributed by atoms with E-state index in [1.165, 1.54) is 12.8 Å². The van der Waals surface area contributed by atoms with Crippen molar-refractivity contribution in [3.8, 4) is 0 Å². The zero-order valence-corrected chi connectivity index (χ0v) is 12.2. The van der Waals surface area contributed by atoms with Gasteiger partial charge in [0.1, 0.15) is 0 Å². The van der Waals surface area contributed by atoms with Crippen LogP contribution in [-0.2, 0) is 4.79 Å². The molecule has 1 amide bonds. The van der Waals surface area contributed by atoms with Crippen LogP contribution in [0.25, 0.3) is 0 Å². The van der Waals surface area contributed by atoms with E-state index in [0.717, 1.165) is 38.9 Å². The van der Waals surface area contributed by atoms with E-state index in [1.54, 1.807) is 0 Å². The summed E-state index contributed by atoms with van der Waals surface area (Å²) in [5.74, 6) is 1.10. The summed E-state index contributed by atoms with van der Waals surface area (Å²) in [6, 6.07) is 0.558. The van der Waals surface area contributed by atoms with E-state index < -0.39 is 0 Å². The monoisotopic (exact) mass is 252 g/mol. The summed E-state index contributed by atoms with van der Waals surface area (Å²) in [6.45, 7) is 9.59. The molecule has 2 aliphatic rings. The van der Waals surface area contributed by atoms with Crippen molar-refractivity contribution >= 4 is 5.91 Å². The largest absolute Gasteiger partial charge is 0.339 e. The fraction of sp³-hybridized carbons (Fsp3) is 0.933. The topological polar surface area (TPSA) is 32.3 Å². The summed E-state index contributed by atoms with van der Waals surface area (Å²) < 4.78 is 0. The van der Waals surface area contributed by atoms with E-state index in [0.29, 0.717) is 17.9 Å². The molecule has 1 N–H and O–H groups in total. The molecule has 0 aromatic heterocycles. The van der Waals surface area contributed by atoms with Crippen LogP contribution >= 0.6 is 0 Å². The quantitative estimate of drug-likeness (QED) is 0.815. The summed E-state index contributed by atoms with van der Waals surface area (Å²) in [5, 5.41) is 3.36. The van der Waals surface area contributed by atoms with E-state index in [2.05, 4.69) is 31.0 Å². The Morgan fingerprint density at radius 2 is 1.94 bits per heavy atom. The number of hydrogen-bond acceptors (Lipinski definition) is 2. The van der Waals surface area contributed by atoms with Crippen LogP contribution in [0.4, 0.5) is 0 Å². The lowest BCUT2D eigenvalue weighted by atomic mass is 9.79. The minimum atomic E-state index is -0.106. The molecule has 1 saturated carbocycles. The first-order chi connectivity index (χ1) is 8.53. The zero-order valence-electron chi connectivity index (χ0n) is 12.2. The maximum Gasteiger partial charge on any atom is 0.228 e. The number of rotatable bonds is 5. The minimum Gasteiger partial charge on any atom is -0.339 e. The predicted molar refractivity (Wildman–Crippen MR) is 74.4 cm³/mol. The lowest BCUT2D eigenvalue weighted by Crippen LogP contribution is -2.49. The van der Waals surface area contributed by atoms with Crippen molar-refractivity contribution in [1.29, 1.82) is 0 Å². The maximum atomic E-state index is 12.8. The van der Waals surface area contributed by atoms with Crippen molar-refractivity contribution in [2.45, 2.75) is 58.9 Å². The molecule has 1 saturated heterocycles. The fourth-order valence-corrected chi connectivity index (χ4v) is 2.77. The van der Waals surface area contributed by atoms with Crippen LogP contribution < -0.4 is 5.32 Å². The molecule has 0 bridgehead atoms. The molecule has 3 heteroatoms. The van der Waals surface area contributed by atoms with Gasteiger partial charge in [-0.2, -0.15) is 0 Å². The lowest BCUT2D eigenvalue weighted by Gasteiger charge is -2.38. The number of nitrogens with one attached hydrogen (secondary N) is 1. The van der Waals surface area contributed by atoms with E-state index in [1.807, 2.05) is 0 Å². The van der Waals surface area contributed by atoms with Gasteiger partial charge in [-0.1, -0.05) is 20.8 Å². The number of carbonyl (C=O) groups excluding carboxylic acids is 1. The zero-order chi connectivity index (χ0) is 13.2. The van der Waals surface area contributed by atoms with Gasteiger partial charge in [0.2, 0.25) is 5.91 Å². The SMILES string of the molecule is CC(C)CCN(C(=O)C1(C)CCNCC1)C1CC1. The third-order valence-electron chi connectivity index (χ3n) is 4.42. The normalized spacial score (nSPS) is 23.1. The number of piperidine rings is 1. The molecule has 1 aliphatic carbocycles. The predicted octanol–water partition coefficient (Wildman–Crippen LogP) is 2.41. The minimum absolute atomic E-state index is 0.106. The first kappa shape index (κ1) is 13.9. The summed E-state index contributed by atoms with van der Waals surface area (Å²) in [5.41, 5.74) is -0.106. The second kappa shape index (κ2) is 5.60. The molecular formula is C15H28N2O. The van der Waals surface area contributed by atoms with Gasteiger partial charge in [-0.25, -0.2) is 0 Å². The Morgan fingerprint density at radius 1 is 1.33 bits per heavy atom. The summed E-state index contributed by atoms with van der Waals surface area (Å²) in [6.07, 6.45) is 5.57. The highest BCUT2D eigenvalue weighted by atomic mass is 16.2. The Morgan fingerprint density at radius 3 is 2.44 bits per heavy atom. The molecule has 1 heterocycles. The third kappa shape index (κ3) is 3.25. The average molecular weight is 252 g/mol. The van der Waals surface area contributed by atoms with Crippen LogP contribution in [0.5, 0.6) is 0 Å². The number of carbonyl (C=O) groups is 1. The second-order valence-electron chi connectivity index (χ2n) is 6.72. The van der Waals surface area contributed by atoms with Gasteiger partial charge in [-0.15, -0.1) is 0 Å². The first-order valence-corrected chi connectivity index (χ1v) is 7.55. The molecule has 2 fully saturated rings. The molecule has 3 nitrogen and oxygen atoms in total. The molecule has 0 aromatic rings. The summed E-state index contributed by atoms with van der Waals surface area (Å²) in [4.78, 5) is 15.0. The Balaban J connectivity index is 1.98. The Hall–Kier alpha value is -0.570. The highest BCUT2D eigenvalue weighted by Gasteiger charge is 2.42. The second-order valence-corrected chi connectivity index (χ2v) is 6.72. The molecule has 2 rings (SSSR count). The molecule has 18 heavy (non-hydrogen) atoms. The van der Waals surface area contributed by atoms with Crippen molar-refractivity contribution in [1.82, 2.24) is 10.2 Å². The van der Waals surface area contributed by atoms with Crippen LogP contribution in [-0.4, -0.2) is 36.5 Å². The highest BCUT2D eigenvalue weighted by molar-refractivity contribution is 5.83. The van der Waals surface area contributed by atoms with Crippen molar-refractivity contribution in [2.24, 2.45) is 11.3 Å². The maximum absolute atomic E-state index is 12.8. The molecule has 1 aliphatic heterocycles. The molecule has 0 unspecified atom stereocenters. The van der Waals surface area contributed by atoms with Gasteiger partial charge in [-0.3, -0.25) is 4.79 Å². The standard InChI is InChI=1S/C15H28N2O/c1-12(2)6-11-17(13-4-5-13)14(18)15(3)7-9-16-10-8-15/h12-13,16H,4-11H2,1-3H3.